The van der Waals surface area contributed by atoms with Crippen molar-refractivity contribution in [2.24, 2.45) is 0 Å². The molecule has 124 valence electrons. The Morgan fingerprint density at radius 3 is 2.96 bits per heavy atom. The van der Waals surface area contributed by atoms with Crippen LogP contribution in [0.15, 0.2) is 30.5 Å². The third kappa shape index (κ3) is 2.38. The minimum Gasteiger partial charge on any atom is -0.366 e. The molecule has 1 atom stereocenters. The molecule has 2 amide bonds. The van der Waals surface area contributed by atoms with Gasteiger partial charge in [-0.3, -0.25) is 9.88 Å². The molecule has 0 aliphatic carbocycles. The van der Waals surface area contributed by atoms with Crippen LogP contribution in [0.3, 0.4) is 0 Å². The molecule has 24 heavy (non-hydrogen) atoms. The van der Waals surface area contributed by atoms with Gasteiger partial charge < -0.3 is 10.2 Å². The Balaban J connectivity index is 1.78. The van der Waals surface area contributed by atoms with Gasteiger partial charge in [0.25, 0.3) is 0 Å². The second-order valence-electron chi connectivity index (χ2n) is 6.32. The van der Waals surface area contributed by atoms with E-state index in [0.717, 1.165) is 48.0 Å². The second kappa shape index (κ2) is 5.78. The number of pyridine rings is 2. The number of nitrogens with zero attached hydrogens (tertiary/aromatic N) is 4. The van der Waals surface area contributed by atoms with Gasteiger partial charge in [0, 0.05) is 37.1 Å². The Labute approximate surface area is 141 Å². The zero-order valence-electron chi connectivity index (χ0n) is 14.0. The Kier molecular flexibility index (Phi) is 3.59. The molecule has 0 aromatic carbocycles. The first kappa shape index (κ1) is 14.9. The monoisotopic (exact) mass is 323 g/mol. The van der Waals surface area contributed by atoms with Gasteiger partial charge >= 0.3 is 6.03 Å². The van der Waals surface area contributed by atoms with Crippen LogP contribution in [0, 0.1) is 6.92 Å². The molecule has 4 rings (SSSR count). The van der Waals surface area contributed by atoms with Crippen LogP contribution in [0.1, 0.15) is 19.0 Å². The van der Waals surface area contributed by atoms with Gasteiger partial charge in [0.15, 0.2) is 5.82 Å². The maximum atomic E-state index is 12.6. The molecule has 1 N–H and O–H groups in total. The van der Waals surface area contributed by atoms with E-state index in [9.17, 15) is 4.79 Å². The summed E-state index contributed by atoms with van der Waals surface area (Å²) in [5.74, 6) is 0.757. The molecule has 6 heteroatoms. The van der Waals surface area contributed by atoms with E-state index in [0.29, 0.717) is 6.54 Å². The highest BCUT2D eigenvalue weighted by atomic mass is 16.2. The average molecular weight is 323 g/mol. The number of amides is 2. The number of aromatic nitrogens is 2. The van der Waals surface area contributed by atoms with Crippen molar-refractivity contribution in [2.75, 3.05) is 29.4 Å². The minimum atomic E-state index is -0.0584. The number of aryl methyl sites for hydroxylation is 1. The van der Waals surface area contributed by atoms with E-state index in [4.69, 9.17) is 4.98 Å². The molecule has 2 aliphatic heterocycles. The smallest absolute Gasteiger partial charge is 0.323 e. The van der Waals surface area contributed by atoms with Crippen molar-refractivity contribution < 1.29 is 4.79 Å². The van der Waals surface area contributed by atoms with E-state index < -0.39 is 0 Å². The minimum absolute atomic E-state index is 0.0584. The Morgan fingerprint density at radius 1 is 1.33 bits per heavy atom. The molecule has 0 spiro atoms. The highest BCUT2D eigenvalue weighted by Gasteiger charge is 2.40. The fraction of sp³-hybridized carbons (Fsp3) is 0.389. The quantitative estimate of drug-likeness (QED) is 0.923. The number of carbonyl (C=O) groups is 1. The molecule has 0 saturated carbocycles. The van der Waals surface area contributed by atoms with Crippen molar-refractivity contribution in [2.45, 2.75) is 26.3 Å². The summed E-state index contributed by atoms with van der Waals surface area (Å²) in [6, 6.07) is 8.22. The number of hydrogen-bond donors (Lipinski definition) is 1. The summed E-state index contributed by atoms with van der Waals surface area (Å²) in [6.07, 6.45) is 2.81. The van der Waals surface area contributed by atoms with Gasteiger partial charge in [-0.15, -0.1) is 0 Å². The van der Waals surface area contributed by atoms with Crippen LogP contribution < -0.4 is 15.1 Å². The number of fused-ring (bicyclic) bond motifs is 4. The average Bonchev–Trinajstić information content (AvgIpc) is 3.00. The van der Waals surface area contributed by atoms with Crippen LogP contribution in [-0.2, 0) is 0 Å². The van der Waals surface area contributed by atoms with Crippen molar-refractivity contribution >= 4 is 17.5 Å². The second-order valence-corrected chi connectivity index (χ2v) is 6.32. The topological polar surface area (TPSA) is 61.4 Å². The standard InChI is InChI=1S/C18H21N5O/c1-3-19-18(24)23-14-8-9-22(11-14)16-7-6-15(21-17(16)23)13-5-4-12(2)20-10-13/h4-7,10,14H,3,8-9,11H2,1-2H3,(H,19,24)/t14-/m0/s1. The van der Waals surface area contributed by atoms with E-state index >= 15 is 0 Å². The Bertz CT molecular complexity index is 773. The third-order valence-corrected chi connectivity index (χ3v) is 4.71. The van der Waals surface area contributed by atoms with Crippen molar-refractivity contribution in [1.29, 1.82) is 0 Å². The van der Waals surface area contributed by atoms with Crippen molar-refractivity contribution in [3.63, 3.8) is 0 Å². The molecule has 1 fully saturated rings. The summed E-state index contributed by atoms with van der Waals surface area (Å²) in [6.45, 7) is 6.37. The van der Waals surface area contributed by atoms with Gasteiger partial charge in [-0.25, -0.2) is 9.78 Å². The van der Waals surface area contributed by atoms with E-state index in [-0.39, 0.29) is 12.1 Å². The predicted molar refractivity (Wildman–Crippen MR) is 94.4 cm³/mol. The molecule has 2 aromatic rings. The fourth-order valence-corrected chi connectivity index (χ4v) is 3.49. The largest absolute Gasteiger partial charge is 0.366 e. The maximum absolute atomic E-state index is 12.6. The van der Waals surface area contributed by atoms with Crippen LogP contribution in [0.4, 0.5) is 16.3 Å². The first-order chi connectivity index (χ1) is 11.7. The van der Waals surface area contributed by atoms with Crippen LogP contribution >= 0.6 is 0 Å². The highest BCUT2D eigenvalue weighted by molar-refractivity contribution is 5.97. The predicted octanol–water partition coefficient (Wildman–Crippen LogP) is 2.58. The molecule has 2 aliphatic rings. The van der Waals surface area contributed by atoms with Crippen molar-refractivity contribution in [1.82, 2.24) is 15.3 Å². The lowest BCUT2D eigenvalue weighted by Crippen LogP contribution is -2.50. The number of rotatable bonds is 2. The van der Waals surface area contributed by atoms with E-state index in [1.807, 2.05) is 43.1 Å². The normalized spacial score (nSPS) is 18.5. The van der Waals surface area contributed by atoms with Crippen LogP contribution in [0.25, 0.3) is 11.3 Å². The van der Waals surface area contributed by atoms with E-state index in [2.05, 4.69) is 21.3 Å². The number of anilines is 2. The number of hydrogen-bond acceptors (Lipinski definition) is 4. The molecule has 2 bridgehead atoms. The zero-order valence-corrected chi connectivity index (χ0v) is 14.0. The lowest BCUT2D eigenvalue weighted by Gasteiger charge is -2.35. The van der Waals surface area contributed by atoms with E-state index in [1.165, 1.54) is 0 Å². The Morgan fingerprint density at radius 2 is 2.21 bits per heavy atom. The molecule has 2 aromatic heterocycles. The molecule has 6 nitrogen and oxygen atoms in total. The van der Waals surface area contributed by atoms with Crippen LogP contribution in [0.5, 0.6) is 0 Å². The summed E-state index contributed by atoms with van der Waals surface area (Å²) in [4.78, 5) is 25.9. The molecular weight excluding hydrogens is 302 g/mol. The lowest BCUT2D eigenvalue weighted by atomic mass is 10.1. The highest BCUT2D eigenvalue weighted by Crippen LogP contribution is 2.39. The molecule has 1 saturated heterocycles. The summed E-state index contributed by atoms with van der Waals surface area (Å²) in [7, 11) is 0. The zero-order chi connectivity index (χ0) is 16.7. The number of nitrogens with one attached hydrogen (secondary N) is 1. The molecule has 0 radical (unpaired) electrons. The number of carbonyl (C=O) groups excluding carboxylic acids is 1. The van der Waals surface area contributed by atoms with Gasteiger partial charge in [-0.1, -0.05) is 0 Å². The first-order valence-corrected chi connectivity index (χ1v) is 8.43. The summed E-state index contributed by atoms with van der Waals surface area (Å²) >= 11 is 0. The number of urea groups is 1. The molecular formula is C18H21N5O. The van der Waals surface area contributed by atoms with Crippen molar-refractivity contribution in [3.05, 3.63) is 36.2 Å². The van der Waals surface area contributed by atoms with Gasteiger partial charge in [-0.2, -0.15) is 0 Å². The summed E-state index contributed by atoms with van der Waals surface area (Å²) in [5.41, 5.74) is 3.83. The van der Waals surface area contributed by atoms with Crippen LogP contribution in [-0.4, -0.2) is 41.7 Å². The van der Waals surface area contributed by atoms with Crippen LogP contribution in [0.2, 0.25) is 0 Å². The molecule has 0 unspecified atom stereocenters. The van der Waals surface area contributed by atoms with Gasteiger partial charge in [-0.05, 0) is 44.5 Å². The van der Waals surface area contributed by atoms with Crippen molar-refractivity contribution in [3.8, 4) is 11.3 Å². The van der Waals surface area contributed by atoms with Gasteiger partial charge in [0.2, 0.25) is 0 Å². The molecule has 4 heterocycles. The summed E-state index contributed by atoms with van der Waals surface area (Å²) < 4.78 is 0. The van der Waals surface area contributed by atoms with Gasteiger partial charge in [0.1, 0.15) is 0 Å². The maximum Gasteiger partial charge on any atom is 0.323 e. The SMILES string of the molecule is CCNC(=O)N1c2nc(-c3ccc(C)nc3)ccc2N2CC[C@H]1C2. The Hall–Kier alpha value is -2.63. The summed E-state index contributed by atoms with van der Waals surface area (Å²) in [5, 5.41) is 2.92. The third-order valence-electron chi connectivity index (χ3n) is 4.71. The first-order valence-electron chi connectivity index (χ1n) is 8.43. The fourth-order valence-electron chi connectivity index (χ4n) is 3.49. The van der Waals surface area contributed by atoms with Gasteiger partial charge in [0.05, 0.1) is 17.4 Å². The van der Waals surface area contributed by atoms with E-state index in [1.54, 1.807) is 0 Å². The lowest BCUT2D eigenvalue weighted by molar-refractivity contribution is 0.244.